The molecule has 1 aromatic carbocycles. The SMILES string of the molecule is COc1ccccc1CCN1CCCC(CN(C)C(=O)C(=O)c2cccn2C)C1. The Kier molecular flexibility index (Phi) is 7.09. The van der Waals surface area contributed by atoms with Crippen molar-refractivity contribution in [2.24, 2.45) is 13.0 Å². The predicted octanol–water partition coefficient (Wildman–Crippen LogP) is 2.63. The Hall–Kier alpha value is -2.60. The van der Waals surface area contributed by atoms with Crippen LogP contribution in [0.15, 0.2) is 42.6 Å². The molecule has 1 saturated heterocycles. The normalized spacial score (nSPS) is 17.1. The summed E-state index contributed by atoms with van der Waals surface area (Å²) in [6.45, 7) is 3.60. The predicted molar refractivity (Wildman–Crippen MR) is 113 cm³/mol. The first-order valence-electron chi connectivity index (χ1n) is 10.2. The molecular weight excluding hydrogens is 366 g/mol. The number of para-hydroxylation sites is 1. The van der Waals surface area contributed by atoms with Crippen molar-refractivity contribution < 1.29 is 14.3 Å². The van der Waals surface area contributed by atoms with Crippen molar-refractivity contribution in [3.8, 4) is 5.75 Å². The van der Waals surface area contributed by atoms with Crippen LogP contribution in [0, 0.1) is 5.92 Å². The van der Waals surface area contributed by atoms with E-state index in [1.807, 2.05) is 18.2 Å². The fraction of sp³-hybridized carbons (Fsp3) is 0.478. The van der Waals surface area contributed by atoms with E-state index in [1.165, 1.54) is 5.56 Å². The summed E-state index contributed by atoms with van der Waals surface area (Å²) in [5, 5.41) is 0. The number of nitrogens with zero attached hydrogens (tertiary/aromatic N) is 3. The molecule has 0 radical (unpaired) electrons. The van der Waals surface area contributed by atoms with E-state index in [2.05, 4.69) is 11.0 Å². The van der Waals surface area contributed by atoms with Crippen LogP contribution in [-0.4, -0.2) is 66.4 Å². The second kappa shape index (κ2) is 9.74. The number of carbonyl (C=O) groups is 2. The molecule has 0 aliphatic carbocycles. The van der Waals surface area contributed by atoms with Gasteiger partial charge in [0.05, 0.1) is 12.8 Å². The summed E-state index contributed by atoms with van der Waals surface area (Å²) < 4.78 is 7.14. The molecule has 3 rings (SSSR count). The van der Waals surface area contributed by atoms with Crippen LogP contribution in [0.5, 0.6) is 5.75 Å². The molecule has 0 spiro atoms. The number of rotatable bonds is 8. The molecule has 156 valence electrons. The minimum absolute atomic E-state index is 0.386. The zero-order chi connectivity index (χ0) is 20.8. The largest absolute Gasteiger partial charge is 0.496 e. The Morgan fingerprint density at radius 1 is 1.21 bits per heavy atom. The molecule has 1 fully saturated rings. The number of ketones is 1. The molecule has 6 nitrogen and oxygen atoms in total. The molecule has 2 heterocycles. The van der Waals surface area contributed by atoms with Crippen molar-refractivity contribution in [1.82, 2.24) is 14.4 Å². The van der Waals surface area contributed by atoms with E-state index in [4.69, 9.17) is 4.74 Å². The maximum absolute atomic E-state index is 12.6. The number of aryl methyl sites for hydroxylation is 1. The van der Waals surface area contributed by atoms with Crippen molar-refractivity contribution in [2.45, 2.75) is 19.3 Å². The molecule has 0 N–H and O–H groups in total. The Bertz CT molecular complexity index is 845. The van der Waals surface area contributed by atoms with Crippen molar-refractivity contribution in [2.75, 3.05) is 40.3 Å². The van der Waals surface area contributed by atoms with Gasteiger partial charge in [-0.2, -0.15) is 0 Å². The monoisotopic (exact) mass is 397 g/mol. The number of hydrogen-bond donors (Lipinski definition) is 0. The minimum atomic E-state index is -0.441. The highest BCUT2D eigenvalue weighted by atomic mass is 16.5. The third-order valence-electron chi connectivity index (χ3n) is 5.74. The van der Waals surface area contributed by atoms with Crippen LogP contribution >= 0.6 is 0 Å². The number of carbonyl (C=O) groups excluding carboxylic acids is 2. The molecule has 6 heteroatoms. The van der Waals surface area contributed by atoms with Gasteiger partial charge in [0.2, 0.25) is 0 Å². The van der Waals surface area contributed by atoms with Crippen LogP contribution in [0.3, 0.4) is 0 Å². The highest BCUT2D eigenvalue weighted by Crippen LogP contribution is 2.21. The fourth-order valence-corrected chi connectivity index (χ4v) is 4.14. The summed E-state index contributed by atoms with van der Waals surface area (Å²) in [7, 11) is 5.22. The lowest BCUT2D eigenvalue weighted by Crippen LogP contribution is -2.43. The lowest BCUT2D eigenvalue weighted by atomic mass is 9.96. The smallest absolute Gasteiger partial charge is 0.296 e. The molecule has 2 aromatic rings. The third kappa shape index (κ3) is 5.26. The highest BCUT2D eigenvalue weighted by molar-refractivity contribution is 6.42. The summed E-state index contributed by atoms with van der Waals surface area (Å²) >= 11 is 0. The highest BCUT2D eigenvalue weighted by Gasteiger charge is 2.27. The van der Waals surface area contributed by atoms with Crippen LogP contribution in [-0.2, 0) is 18.3 Å². The molecule has 1 atom stereocenters. The standard InChI is InChI=1S/C23H31N3O3/c1-24-13-7-10-20(24)22(27)23(28)25(2)16-18-8-6-14-26(17-18)15-12-19-9-4-5-11-21(19)29-3/h4-5,7,9-11,13,18H,6,8,12,14-17H2,1-3H3. The van der Waals surface area contributed by atoms with Gasteiger partial charge in [0, 0.05) is 39.9 Å². The van der Waals surface area contributed by atoms with Crippen LogP contribution in [0.4, 0.5) is 0 Å². The minimum Gasteiger partial charge on any atom is -0.496 e. The number of hydrogen-bond acceptors (Lipinski definition) is 4. The Balaban J connectivity index is 1.52. The number of Topliss-reactive ketones (excluding diaryl/α,β-unsaturated/α-hetero) is 1. The Morgan fingerprint density at radius 2 is 2.00 bits per heavy atom. The van der Waals surface area contributed by atoms with Gasteiger partial charge in [-0.3, -0.25) is 9.59 Å². The second-order valence-electron chi connectivity index (χ2n) is 7.89. The summed E-state index contributed by atoms with van der Waals surface area (Å²) in [6, 6.07) is 11.6. The van der Waals surface area contributed by atoms with E-state index in [1.54, 1.807) is 49.0 Å². The van der Waals surface area contributed by atoms with Gasteiger partial charge in [0.15, 0.2) is 0 Å². The molecule has 1 amide bonds. The molecule has 0 bridgehead atoms. The van der Waals surface area contributed by atoms with Crippen molar-refractivity contribution >= 4 is 11.7 Å². The maximum atomic E-state index is 12.6. The molecule has 0 saturated carbocycles. The lowest BCUT2D eigenvalue weighted by Gasteiger charge is -2.34. The van der Waals surface area contributed by atoms with E-state index in [9.17, 15) is 9.59 Å². The van der Waals surface area contributed by atoms with Crippen LogP contribution < -0.4 is 4.74 Å². The topological polar surface area (TPSA) is 54.8 Å². The maximum Gasteiger partial charge on any atom is 0.296 e. The Labute approximate surface area is 173 Å². The molecule has 29 heavy (non-hydrogen) atoms. The summed E-state index contributed by atoms with van der Waals surface area (Å²) in [5.41, 5.74) is 1.65. The summed E-state index contributed by atoms with van der Waals surface area (Å²) in [4.78, 5) is 29.1. The van der Waals surface area contributed by atoms with Gasteiger partial charge in [-0.05, 0) is 55.5 Å². The van der Waals surface area contributed by atoms with Crippen molar-refractivity contribution in [1.29, 1.82) is 0 Å². The van der Waals surface area contributed by atoms with Crippen LogP contribution in [0.1, 0.15) is 28.9 Å². The summed E-state index contributed by atoms with van der Waals surface area (Å²) in [5.74, 6) is 0.448. The van der Waals surface area contributed by atoms with Crippen LogP contribution in [0.25, 0.3) is 0 Å². The number of likely N-dealkylation sites (N-methyl/N-ethyl adjacent to an activating group) is 1. The molecule has 1 aliphatic heterocycles. The first-order chi connectivity index (χ1) is 14.0. The quantitative estimate of drug-likeness (QED) is 0.508. The third-order valence-corrected chi connectivity index (χ3v) is 5.74. The van der Waals surface area contributed by atoms with Crippen LogP contribution in [0.2, 0.25) is 0 Å². The average Bonchev–Trinajstić information content (AvgIpc) is 3.17. The molecule has 1 aliphatic rings. The zero-order valence-electron chi connectivity index (χ0n) is 17.6. The van der Waals surface area contributed by atoms with Gasteiger partial charge in [0.25, 0.3) is 11.7 Å². The number of aromatic nitrogens is 1. The zero-order valence-corrected chi connectivity index (χ0v) is 17.6. The van der Waals surface area contributed by atoms with Gasteiger partial charge in [-0.15, -0.1) is 0 Å². The van der Waals surface area contributed by atoms with Gasteiger partial charge in [0.1, 0.15) is 5.75 Å². The lowest BCUT2D eigenvalue weighted by molar-refractivity contribution is -0.126. The van der Waals surface area contributed by atoms with Gasteiger partial charge >= 0.3 is 0 Å². The number of piperidine rings is 1. The number of methoxy groups -OCH3 is 1. The van der Waals surface area contributed by atoms with E-state index in [-0.39, 0.29) is 0 Å². The van der Waals surface area contributed by atoms with Crippen molar-refractivity contribution in [3.05, 3.63) is 53.9 Å². The van der Waals surface area contributed by atoms with Gasteiger partial charge in [-0.1, -0.05) is 18.2 Å². The Morgan fingerprint density at radius 3 is 2.72 bits per heavy atom. The molecule has 1 aromatic heterocycles. The average molecular weight is 398 g/mol. The number of amides is 1. The first-order valence-corrected chi connectivity index (χ1v) is 10.2. The van der Waals surface area contributed by atoms with E-state index in [0.29, 0.717) is 18.2 Å². The first kappa shape index (κ1) is 21.1. The van der Waals surface area contributed by atoms with Gasteiger partial charge < -0.3 is 19.1 Å². The van der Waals surface area contributed by atoms with E-state index < -0.39 is 11.7 Å². The second-order valence-corrected chi connectivity index (χ2v) is 7.89. The van der Waals surface area contributed by atoms with E-state index >= 15 is 0 Å². The number of ether oxygens (including phenoxy) is 1. The van der Waals surface area contributed by atoms with E-state index in [0.717, 1.165) is 44.6 Å². The molecular formula is C23H31N3O3. The summed E-state index contributed by atoms with van der Waals surface area (Å²) in [6.07, 6.45) is 4.92. The molecule has 1 unspecified atom stereocenters. The number of benzene rings is 1. The van der Waals surface area contributed by atoms with Crippen molar-refractivity contribution in [3.63, 3.8) is 0 Å². The van der Waals surface area contributed by atoms with Gasteiger partial charge in [-0.25, -0.2) is 0 Å². The number of likely N-dealkylation sites (tertiary alicyclic amines) is 1. The fourth-order valence-electron chi connectivity index (χ4n) is 4.14.